The highest BCUT2D eigenvalue weighted by Crippen LogP contribution is 2.11. The molecule has 20 heavy (non-hydrogen) atoms. The fourth-order valence-electron chi connectivity index (χ4n) is 1.94. The van der Waals surface area contributed by atoms with E-state index in [0.29, 0.717) is 23.9 Å². The maximum absolute atomic E-state index is 12.0. The van der Waals surface area contributed by atoms with E-state index in [1.165, 1.54) is 0 Å². The molecule has 1 aromatic carbocycles. The van der Waals surface area contributed by atoms with Crippen LogP contribution in [-0.2, 0) is 0 Å². The third-order valence-corrected chi connectivity index (χ3v) is 3.68. The smallest absolute Gasteiger partial charge is 0.251 e. The van der Waals surface area contributed by atoms with Crippen LogP contribution in [0.1, 0.15) is 30.1 Å². The molecule has 2 rings (SSSR count). The SMILES string of the molecule is CC(CCl)CCCNC(=O)c1ccc2nccnc2c1. The van der Waals surface area contributed by atoms with Crippen LogP contribution in [0.4, 0.5) is 0 Å². The van der Waals surface area contributed by atoms with E-state index in [1.807, 2.05) is 6.07 Å². The Morgan fingerprint density at radius 2 is 2.05 bits per heavy atom. The van der Waals surface area contributed by atoms with Gasteiger partial charge in [0, 0.05) is 30.4 Å². The summed E-state index contributed by atoms with van der Waals surface area (Å²) < 4.78 is 0. The van der Waals surface area contributed by atoms with Gasteiger partial charge >= 0.3 is 0 Å². The summed E-state index contributed by atoms with van der Waals surface area (Å²) in [6.07, 6.45) is 5.22. The van der Waals surface area contributed by atoms with Crippen LogP contribution < -0.4 is 5.32 Å². The number of hydrogen-bond donors (Lipinski definition) is 1. The standard InChI is InChI=1S/C15H18ClN3O/c1-11(10-16)3-2-6-19-15(20)12-4-5-13-14(9-12)18-8-7-17-13/h4-5,7-9,11H,2-3,6,10H2,1H3,(H,19,20). The number of hydrogen-bond acceptors (Lipinski definition) is 3. The molecule has 5 heteroatoms. The third-order valence-electron chi connectivity index (χ3n) is 3.15. The van der Waals surface area contributed by atoms with Crippen LogP contribution in [0.15, 0.2) is 30.6 Å². The number of halogens is 1. The van der Waals surface area contributed by atoms with Crippen molar-refractivity contribution in [1.82, 2.24) is 15.3 Å². The number of aromatic nitrogens is 2. The van der Waals surface area contributed by atoms with Crippen LogP contribution >= 0.6 is 11.6 Å². The number of carbonyl (C=O) groups excluding carboxylic acids is 1. The fourth-order valence-corrected chi connectivity index (χ4v) is 2.09. The first-order valence-electron chi connectivity index (χ1n) is 6.75. The van der Waals surface area contributed by atoms with Crippen LogP contribution in [0.2, 0.25) is 0 Å². The molecule has 0 aliphatic heterocycles. The number of amides is 1. The molecule has 4 nitrogen and oxygen atoms in total. The quantitative estimate of drug-likeness (QED) is 0.657. The zero-order chi connectivity index (χ0) is 14.4. The lowest BCUT2D eigenvalue weighted by atomic mass is 10.1. The number of carbonyl (C=O) groups is 1. The van der Waals surface area contributed by atoms with E-state index in [0.717, 1.165) is 23.9 Å². The summed E-state index contributed by atoms with van der Waals surface area (Å²) in [6.45, 7) is 2.77. The van der Waals surface area contributed by atoms with Gasteiger partial charge in [-0.15, -0.1) is 11.6 Å². The van der Waals surface area contributed by atoms with Crippen LogP contribution in [-0.4, -0.2) is 28.3 Å². The van der Waals surface area contributed by atoms with Crippen molar-refractivity contribution in [2.45, 2.75) is 19.8 Å². The molecular formula is C15H18ClN3O. The summed E-state index contributed by atoms with van der Waals surface area (Å²) in [5, 5.41) is 2.91. The monoisotopic (exact) mass is 291 g/mol. The Morgan fingerprint density at radius 1 is 1.30 bits per heavy atom. The van der Waals surface area contributed by atoms with Gasteiger partial charge in [0.15, 0.2) is 0 Å². The van der Waals surface area contributed by atoms with Crippen molar-refractivity contribution < 1.29 is 4.79 Å². The molecule has 0 aliphatic carbocycles. The lowest BCUT2D eigenvalue weighted by Crippen LogP contribution is -2.24. The summed E-state index contributed by atoms with van der Waals surface area (Å²) in [4.78, 5) is 20.4. The van der Waals surface area contributed by atoms with Crippen LogP contribution in [0.25, 0.3) is 11.0 Å². The minimum Gasteiger partial charge on any atom is -0.352 e. The van der Waals surface area contributed by atoms with E-state index in [1.54, 1.807) is 24.5 Å². The normalized spacial score (nSPS) is 12.3. The average molecular weight is 292 g/mol. The molecule has 0 spiro atoms. The summed E-state index contributed by atoms with van der Waals surface area (Å²) in [7, 11) is 0. The molecule has 0 fully saturated rings. The van der Waals surface area contributed by atoms with E-state index >= 15 is 0 Å². The first-order valence-corrected chi connectivity index (χ1v) is 7.29. The first kappa shape index (κ1) is 14.7. The second-order valence-corrected chi connectivity index (χ2v) is 5.23. The van der Waals surface area contributed by atoms with Crippen molar-refractivity contribution >= 4 is 28.5 Å². The van der Waals surface area contributed by atoms with E-state index in [2.05, 4.69) is 22.2 Å². The van der Waals surface area contributed by atoms with Gasteiger partial charge in [-0.1, -0.05) is 6.92 Å². The van der Waals surface area contributed by atoms with Crippen molar-refractivity contribution in [3.8, 4) is 0 Å². The summed E-state index contributed by atoms with van der Waals surface area (Å²) in [5.74, 6) is 1.08. The van der Waals surface area contributed by atoms with Crippen LogP contribution in [0.5, 0.6) is 0 Å². The number of fused-ring (bicyclic) bond motifs is 1. The number of benzene rings is 1. The molecule has 1 atom stereocenters. The van der Waals surface area contributed by atoms with Gasteiger partial charge in [0.25, 0.3) is 5.91 Å². The highest BCUT2D eigenvalue weighted by molar-refractivity contribution is 6.18. The molecule has 0 bridgehead atoms. The lowest BCUT2D eigenvalue weighted by molar-refractivity contribution is 0.0952. The van der Waals surface area contributed by atoms with Gasteiger partial charge in [0.05, 0.1) is 11.0 Å². The molecular weight excluding hydrogens is 274 g/mol. The second-order valence-electron chi connectivity index (χ2n) is 4.92. The van der Waals surface area contributed by atoms with Gasteiger partial charge in [-0.05, 0) is 37.0 Å². The Balaban J connectivity index is 1.91. The van der Waals surface area contributed by atoms with Crippen molar-refractivity contribution in [2.75, 3.05) is 12.4 Å². The maximum Gasteiger partial charge on any atom is 0.251 e. The Hall–Kier alpha value is -1.68. The minimum absolute atomic E-state index is 0.0731. The molecule has 1 unspecified atom stereocenters. The van der Waals surface area contributed by atoms with E-state index in [9.17, 15) is 4.79 Å². The highest BCUT2D eigenvalue weighted by atomic mass is 35.5. The van der Waals surface area contributed by atoms with Gasteiger partial charge in [0.2, 0.25) is 0 Å². The molecule has 0 saturated heterocycles. The highest BCUT2D eigenvalue weighted by Gasteiger charge is 2.07. The summed E-state index contributed by atoms with van der Waals surface area (Å²) in [5.41, 5.74) is 2.14. The fraction of sp³-hybridized carbons (Fsp3) is 0.400. The zero-order valence-corrected chi connectivity index (χ0v) is 12.2. The molecule has 1 heterocycles. The summed E-state index contributed by atoms with van der Waals surface area (Å²) >= 11 is 5.74. The second kappa shape index (κ2) is 7.20. The van der Waals surface area contributed by atoms with Crippen molar-refractivity contribution in [1.29, 1.82) is 0 Å². The van der Waals surface area contributed by atoms with Crippen molar-refractivity contribution in [3.05, 3.63) is 36.2 Å². The molecule has 0 aliphatic rings. The van der Waals surface area contributed by atoms with E-state index in [4.69, 9.17) is 11.6 Å². The molecule has 1 amide bonds. The number of nitrogens with one attached hydrogen (secondary N) is 1. The predicted molar refractivity (Wildman–Crippen MR) is 81.0 cm³/mol. The maximum atomic E-state index is 12.0. The molecule has 1 aromatic heterocycles. The first-order chi connectivity index (χ1) is 9.70. The molecule has 2 aromatic rings. The lowest BCUT2D eigenvalue weighted by Gasteiger charge is -2.08. The minimum atomic E-state index is -0.0731. The van der Waals surface area contributed by atoms with Gasteiger partial charge in [0.1, 0.15) is 0 Å². The van der Waals surface area contributed by atoms with Crippen molar-refractivity contribution in [2.24, 2.45) is 5.92 Å². The molecule has 0 saturated carbocycles. The van der Waals surface area contributed by atoms with E-state index in [-0.39, 0.29) is 5.91 Å². The van der Waals surface area contributed by atoms with Gasteiger partial charge in [-0.2, -0.15) is 0 Å². The third kappa shape index (κ3) is 3.90. The van der Waals surface area contributed by atoms with Crippen LogP contribution in [0.3, 0.4) is 0 Å². The summed E-state index contributed by atoms with van der Waals surface area (Å²) in [6, 6.07) is 5.35. The average Bonchev–Trinajstić information content (AvgIpc) is 2.50. The molecule has 106 valence electrons. The Bertz CT molecular complexity index is 588. The molecule has 0 radical (unpaired) electrons. The zero-order valence-electron chi connectivity index (χ0n) is 11.5. The van der Waals surface area contributed by atoms with Gasteiger partial charge < -0.3 is 5.32 Å². The van der Waals surface area contributed by atoms with Gasteiger partial charge in [-0.3, -0.25) is 14.8 Å². The van der Waals surface area contributed by atoms with Crippen molar-refractivity contribution in [3.63, 3.8) is 0 Å². The Morgan fingerprint density at radius 3 is 2.80 bits per heavy atom. The largest absolute Gasteiger partial charge is 0.352 e. The Kier molecular flexibility index (Phi) is 5.30. The number of nitrogens with zero attached hydrogens (tertiary/aromatic N) is 2. The van der Waals surface area contributed by atoms with Gasteiger partial charge in [-0.25, -0.2) is 0 Å². The van der Waals surface area contributed by atoms with E-state index < -0.39 is 0 Å². The Labute approximate surface area is 123 Å². The molecule has 1 N–H and O–H groups in total. The predicted octanol–water partition coefficient (Wildman–Crippen LogP) is 3.01. The number of alkyl halides is 1. The topological polar surface area (TPSA) is 54.9 Å². The number of rotatable bonds is 6. The van der Waals surface area contributed by atoms with Crippen LogP contribution in [0, 0.1) is 5.92 Å².